The van der Waals surface area contributed by atoms with Gasteiger partial charge in [-0.15, -0.1) is 0 Å². The van der Waals surface area contributed by atoms with E-state index in [4.69, 9.17) is 10.9 Å². The van der Waals surface area contributed by atoms with Gasteiger partial charge in [0.05, 0.1) is 5.82 Å². The van der Waals surface area contributed by atoms with Gasteiger partial charge in [-0.3, -0.25) is 5.14 Å². The molecule has 4 rings (SSSR count). The van der Waals surface area contributed by atoms with Crippen molar-refractivity contribution in [3.8, 4) is 0 Å². The molecule has 0 saturated carbocycles. The summed E-state index contributed by atoms with van der Waals surface area (Å²) < 4.78 is 0. The first-order chi connectivity index (χ1) is 13.5. The quantitative estimate of drug-likeness (QED) is 0.660. The maximum absolute atomic E-state index is 5.71. The highest BCUT2D eigenvalue weighted by molar-refractivity contribution is 7.97. The van der Waals surface area contributed by atoms with E-state index in [2.05, 4.69) is 49.1 Å². The van der Waals surface area contributed by atoms with Gasteiger partial charge in [-0.25, -0.2) is 0 Å². The van der Waals surface area contributed by atoms with Crippen molar-refractivity contribution in [3.63, 3.8) is 0 Å². The zero-order chi connectivity index (χ0) is 20.1. The molecule has 0 amide bonds. The summed E-state index contributed by atoms with van der Waals surface area (Å²) >= 11 is 1.29. The third kappa shape index (κ3) is 5.10. The lowest BCUT2D eigenvalue weighted by Crippen LogP contribution is -2.11. The maximum Gasteiger partial charge on any atom is 0.0930 e. The zero-order valence-electron chi connectivity index (χ0n) is 17.1. The molecule has 2 aromatic rings. The average Bonchev–Trinajstić information content (AvgIpc) is 3.30. The van der Waals surface area contributed by atoms with Gasteiger partial charge in [0.15, 0.2) is 0 Å². The zero-order valence-corrected chi connectivity index (χ0v) is 17.9. The molecule has 4 nitrogen and oxygen atoms in total. The van der Waals surface area contributed by atoms with Crippen LogP contribution in [0.4, 0.5) is 5.69 Å². The predicted octanol–water partition coefficient (Wildman–Crippen LogP) is 4.22. The fourth-order valence-electron chi connectivity index (χ4n) is 4.21. The molecule has 2 aliphatic carbocycles. The maximum atomic E-state index is 5.71. The molecule has 0 bridgehead atoms. The second kappa shape index (κ2) is 9.50. The third-order valence-electron chi connectivity index (χ3n) is 5.29. The van der Waals surface area contributed by atoms with Crippen LogP contribution in [0.25, 0.3) is 0 Å². The molecule has 2 aromatic carbocycles. The van der Waals surface area contributed by atoms with Crippen LogP contribution in [0.2, 0.25) is 0 Å². The Labute approximate surface area is 173 Å². The van der Waals surface area contributed by atoms with Gasteiger partial charge >= 0.3 is 0 Å². The first-order valence-corrected chi connectivity index (χ1v) is 10.8. The minimum atomic E-state index is 0.564. The summed E-state index contributed by atoms with van der Waals surface area (Å²) in [5, 5.41) is 8.74. The lowest BCUT2D eigenvalue weighted by atomic mass is 9.99. The van der Waals surface area contributed by atoms with Crippen LogP contribution >= 0.6 is 11.9 Å². The third-order valence-corrected chi connectivity index (χ3v) is 5.82. The highest BCUT2D eigenvalue weighted by atomic mass is 32.2. The molecule has 0 heterocycles. The van der Waals surface area contributed by atoms with Crippen molar-refractivity contribution in [1.29, 1.82) is 0 Å². The Balaban J connectivity index is 0.000000169. The summed E-state index contributed by atoms with van der Waals surface area (Å²) in [6, 6.07) is 10.7. The monoisotopic (exact) mass is 396 g/mol. The van der Waals surface area contributed by atoms with Crippen molar-refractivity contribution in [2.45, 2.75) is 50.0 Å². The van der Waals surface area contributed by atoms with Crippen LogP contribution in [0, 0.1) is 0 Å². The molecule has 5 heteroatoms. The molecular formula is C23H32N4S. The Hall–Kier alpha value is -1.95. The standard InChI is InChI=1S/C14H18N2.C9H14N2S/c1-9(15)16-14-12-6-2-4-10(12)8-11-5-3-7-13(11)14;1-11(2)7-8-4-3-5-9(6-8)12-10/h8,16H,1-7,15H2;3-6H,7,10H2,1-2H3. The number of nitrogens with two attached hydrogens (primary N) is 2. The van der Waals surface area contributed by atoms with E-state index in [0.29, 0.717) is 5.82 Å². The molecule has 5 N–H and O–H groups in total. The van der Waals surface area contributed by atoms with Crippen molar-refractivity contribution < 1.29 is 0 Å². The lowest BCUT2D eigenvalue weighted by molar-refractivity contribution is 0.402. The molecule has 150 valence electrons. The summed E-state index contributed by atoms with van der Waals surface area (Å²) in [6.45, 7) is 4.73. The molecule has 0 radical (unpaired) electrons. The summed E-state index contributed by atoms with van der Waals surface area (Å²) in [4.78, 5) is 3.26. The number of fused-ring (bicyclic) bond motifs is 2. The number of nitrogens with one attached hydrogen (secondary N) is 1. The van der Waals surface area contributed by atoms with Crippen LogP contribution in [-0.4, -0.2) is 19.0 Å². The Morgan fingerprint density at radius 1 is 1.07 bits per heavy atom. The molecule has 2 aliphatic rings. The highest BCUT2D eigenvalue weighted by Gasteiger charge is 2.23. The number of nitrogens with zero attached hydrogens (tertiary/aromatic N) is 1. The van der Waals surface area contributed by atoms with Gasteiger partial charge in [0.25, 0.3) is 0 Å². The minimum absolute atomic E-state index is 0.564. The number of benzene rings is 2. The summed E-state index contributed by atoms with van der Waals surface area (Å²) in [6.07, 6.45) is 7.41. The molecule has 0 aromatic heterocycles. The molecule has 0 spiro atoms. The number of anilines is 1. The largest absolute Gasteiger partial charge is 0.386 e. The normalized spacial score (nSPS) is 14.3. The summed E-state index contributed by atoms with van der Waals surface area (Å²) in [5.74, 6) is 0.564. The molecule has 0 saturated heterocycles. The van der Waals surface area contributed by atoms with Crippen LogP contribution in [0.1, 0.15) is 40.7 Å². The van der Waals surface area contributed by atoms with Crippen LogP contribution < -0.4 is 16.2 Å². The topological polar surface area (TPSA) is 67.3 Å². The minimum Gasteiger partial charge on any atom is -0.386 e. The first-order valence-electron chi connectivity index (χ1n) is 9.96. The Morgan fingerprint density at radius 2 is 1.71 bits per heavy atom. The fourth-order valence-corrected chi connectivity index (χ4v) is 4.59. The molecular weight excluding hydrogens is 364 g/mol. The number of rotatable bonds is 5. The Kier molecular flexibility index (Phi) is 7.05. The molecule has 0 fully saturated rings. The second-order valence-corrected chi connectivity index (χ2v) is 8.59. The van der Waals surface area contributed by atoms with Crippen molar-refractivity contribution in [2.24, 2.45) is 10.9 Å². The van der Waals surface area contributed by atoms with E-state index >= 15 is 0 Å². The smallest absolute Gasteiger partial charge is 0.0930 e. The van der Waals surface area contributed by atoms with Crippen molar-refractivity contribution in [2.75, 3.05) is 19.4 Å². The predicted molar refractivity (Wildman–Crippen MR) is 121 cm³/mol. The van der Waals surface area contributed by atoms with E-state index < -0.39 is 0 Å². The molecule has 0 atom stereocenters. The van der Waals surface area contributed by atoms with Crippen LogP contribution in [0.3, 0.4) is 0 Å². The van der Waals surface area contributed by atoms with Crippen LogP contribution in [0.5, 0.6) is 0 Å². The van der Waals surface area contributed by atoms with E-state index in [1.807, 2.05) is 12.1 Å². The average molecular weight is 397 g/mol. The Morgan fingerprint density at radius 3 is 2.25 bits per heavy atom. The number of aryl methyl sites for hydroxylation is 2. The van der Waals surface area contributed by atoms with Gasteiger partial charge in [-0.05, 0) is 105 Å². The van der Waals surface area contributed by atoms with Gasteiger partial charge in [0, 0.05) is 17.1 Å². The van der Waals surface area contributed by atoms with Gasteiger partial charge < -0.3 is 16.0 Å². The van der Waals surface area contributed by atoms with E-state index in [9.17, 15) is 0 Å². The molecule has 28 heavy (non-hydrogen) atoms. The molecule has 0 unspecified atom stereocenters. The van der Waals surface area contributed by atoms with E-state index in [-0.39, 0.29) is 0 Å². The van der Waals surface area contributed by atoms with Crippen molar-refractivity contribution in [1.82, 2.24) is 4.90 Å². The van der Waals surface area contributed by atoms with Gasteiger partial charge in [-0.2, -0.15) is 0 Å². The number of hydrogen-bond donors (Lipinski definition) is 3. The van der Waals surface area contributed by atoms with Gasteiger partial charge in [0.2, 0.25) is 0 Å². The van der Waals surface area contributed by atoms with Crippen LogP contribution in [0.15, 0.2) is 47.6 Å². The lowest BCUT2D eigenvalue weighted by Gasteiger charge is -2.16. The van der Waals surface area contributed by atoms with E-state index in [1.165, 1.54) is 84.0 Å². The van der Waals surface area contributed by atoms with E-state index in [0.717, 1.165) is 11.4 Å². The fraction of sp³-hybridized carbons (Fsp3) is 0.391. The van der Waals surface area contributed by atoms with Crippen molar-refractivity contribution >= 4 is 17.6 Å². The summed E-state index contributed by atoms with van der Waals surface area (Å²) in [5.41, 5.74) is 14.3. The Bertz CT molecular complexity index is 812. The van der Waals surface area contributed by atoms with Crippen LogP contribution in [-0.2, 0) is 32.2 Å². The highest BCUT2D eigenvalue weighted by Crippen LogP contribution is 2.38. The SMILES string of the molecule is C=C(N)Nc1c2c(cc3c1CCC3)CCC2.CN(C)Cc1cccc(SN)c1. The van der Waals surface area contributed by atoms with Gasteiger partial charge in [0.1, 0.15) is 0 Å². The summed E-state index contributed by atoms with van der Waals surface area (Å²) in [7, 11) is 4.12. The van der Waals surface area contributed by atoms with Crippen molar-refractivity contribution in [3.05, 3.63) is 70.5 Å². The first kappa shape index (κ1) is 20.8. The second-order valence-electron chi connectivity index (χ2n) is 7.89. The molecule has 0 aliphatic heterocycles. The van der Waals surface area contributed by atoms with Gasteiger partial charge in [-0.1, -0.05) is 24.8 Å². The number of hydrogen-bond acceptors (Lipinski definition) is 5. The van der Waals surface area contributed by atoms with E-state index in [1.54, 1.807) is 0 Å².